The largest absolute Gasteiger partial charge is 0.487 e. The van der Waals surface area contributed by atoms with Crippen LogP contribution in [0, 0.1) is 17.2 Å². The lowest BCUT2D eigenvalue weighted by Crippen LogP contribution is -2.50. The Morgan fingerprint density at radius 2 is 2.00 bits per heavy atom. The van der Waals surface area contributed by atoms with Crippen LogP contribution in [0.1, 0.15) is 29.8 Å². The first-order chi connectivity index (χ1) is 18.1. The maximum Gasteiger partial charge on any atom is 0.255 e. The SMILES string of the molecule is C[C@H](CO)N1C[C@H](C)[C@@H](CN(C)C(=O)c2cccnc2)Oc2cc(-c3cccc(C#N)c3)ccc2S1(=O)=O. The Labute approximate surface area is 223 Å². The number of sulfonamides is 1. The van der Waals surface area contributed by atoms with Crippen LogP contribution in [-0.4, -0.2) is 72.5 Å². The summed E-state index contributed by atoms with van der Waals surface area (Å²) in [6, 6.07) is 16.7. The lowest BCUT2D eigenvalue weighted by atomic mass is 10.0. The molecule has 2 heterocycles. The van der Waals surface area contributed by atoms with Crippen LogP contribution >= 0.6 is 0 Å². The van der Waals surface area contributed by atoms with Gasteiger partial charge in [-0.3, -0.25) is 9.78 Å². The molecule has 3 aromatic rings. The summed E-state index contributed by atoms with van der Waals surface area (Å²) in [4.78, 5) is 18.5. The first kappa shape index (κ1) is 27.3. The summed E-state index contributed by atoms with van der Waals surface area (Å²) < 4.78 is 35.1. The van der Waals surface area contributed by atoms with E-state index in [9.17, 15) is 23.6 Å². The van der Waals surface area contributed by atoms with E-state index in [0.717, 1.165) is 5.56 Å². The van der Waals surface area contributed by atoms with Crippen LogP contribution in [-0.2, 0) is 10.0 Å². The number of nitrogens with zero attached hydrogens (tertiary/aromatic N) is 4. The monoisotopic (exact) mass is 534 g/mol. The van der Waals surface area contributed by atoms with Gasteiger partial charge in [-0.15, -0.1) is 0 Å². The van der Waals surface area contributed by atoms with Gasteiger partial charge in [0.25, 0.3) is 5.91 Å². The Kier molecular flexibility index (Phi) is 8.11. The van der Waals surface area contributed by atoms with Gasteiger partial charge in [0.1, 0.15) is 16.7 Å². The number of rotatable bonds is 6. The molecule has 9 nitrogen and oxygen atoms in total. The standard InChI is InChI=1S/C28H30N4O5S/c1-19-16-32(20(2)18-33)38(35,36)27-10-9-23(22-7-4-6-21(12-22)14-29)13-25(27)37-26(19)17-31(3)28(34)24-8-5-11-30-15-24/h4-13,15,19-20,26,33H,16-18H2,1-3H3/t19-,20+,26+/m0/s1. The predicted octanol–water partition coefficient (Wildman–Crippen LogP) is 3.16. The van der Waals surface area contributed by atoms with Crippen molar-refractivity contribution in [2.24, 2.45) is 5.92 Å². The van der Waals surface area contributed by atoms with Gasteiger partial charge >= 0.3 is 0 Å². The Morgan fingerprint density at radius 1 is 1.24 bits per heavy atom. The van der Waals surface area contributed by atoms with E-state index in [0.29, 0.717) is 16.7 Å². The van der Waals surface area contributed by atoms with Crippen molar-refractivity contribution in [2.75, 3.05) is 26.7 Å². The first-order valence-corrected chi connectivity index (χ1v) is 13.7. The van der Waals surface area contributed by atoms with Crippen molar-refractivity contribution >= 4 is 15.9 Å². The Hall–Kier alpha value is -3.78. The number of carbonyl (C=O) groups excluding carboxylic acids is 1. The molecule has 38 heavy (non-hydrogen) atoms. The van der Waals surface area contributed by atoms with Gasteiger partial charge in [-0.05, 0) is 54.4 Å². The quantitative estimate of drug-likeness (QED) is 0.515. The molecule has 0 unspecified atom stereocenters. The third-order valence-corrected chi connectivity index (χ3v) is 8.72. The number of aromatic nitrogens is 1. The summed E-state index contributed by atoms with van der Waals surface area (Å²) in [5.41, 5.74) is 2.34. The molecule has 1 aliphatic rings. The lowest BCUT2D eigenvalue weighted by Gasteiger charge is -2.37. The van der Waals surface area contributed by atoms with Crippen LogP contribution in [0.4, 0.5) is 0 Å². The molecule has 2 aromatic carbocycles. The van der Waals surface area contributed by atoms with Crippen molar-refractivity contribution in [3.8, 4) is 22.9 Å². The topological polar surface area (TPSA) is 124 Å². The van der Waals surface area contributed by atoms with Crippen LogP contribution < -0.4 is 4.74 Å². The van der Waals surface area contributed by atoms with Gasteiger partial charge in [0.2, 0.25) is 10.0 Å². The second kappa shape index (κ2) is 11.3. The highest BCUT2D eigenvalue weighted by Gasteiger charge is 2.38. The third-order valence-electron chi connectivity index (χ3n) is 6.70. The van der Waals surface area contributed by atoms with E-state index in [1.807, 2.05) is 13.0 Å². The van der Waals surface area contributed by atoms with Gasteiger partial charge in [-0.2, -0.15) is 9.57 Å². The molecule has 1 aromatic heterocycles. The predicted molar refractivity (Wildman–Crippen MR) is 142 cm³/mol. The molecule has 1 amide bonds. The fraction of sp³-hybridized carbons (Fsp3) is 0.321. The van der Waals surface area contributed by atoms with Crippen molar-refractivity contribution in [3.63, 3.8) is 0 Å². The Balaban J connectivity index is 1.76. The summed E-state index contributed by atoms with van der Waals surface area (Å²) in [7, 11) is -2.34. The number of aliphatic hydroxyl groups is 1. The maximum atomic E-state index is 13.7. The minimum absolute atomic E-state index is 0.0175. The maximum absolute atomic E-state index is 13.7. The molecular weight excluding hydrogens is 504 g/mol. The summed E-state index contributed by atoms with van der Waals surface area (Å²) in [5.74, 6) is -0.396. The second-order valence-corrected chi connectivity index (χ2v) is 11.4. The van der Waals surface area contributed by atoms with Crippen LogP contribution in [0.3, 0.4) is 0 Å². The number of amides is 1. The molecule has 10 heteroatoms. The summed E-state index contributed by atoms with van der Waals surface area (Å²) >= 11 is 0. The third kappa shape index (κ3) is 5.55. The van der Waals surface area contributed by atoms with Crippen LogP contribution in [0.2, 0.25) is 0 Å². The number of ether oxygens (including phenoxy) is 1. The van der Waals surface area contributed by atoms with Gasteiger partial charge in [0.15, 0.2) is 0 Å². The molecule has 198 valence electrons. The Bertz CT molecular complexity index is 1460. The van der Waals surface area contributed by atoms with Crippen molar-refractivity contribution in [2.45, 2.75) is 30.9 Å². The number of aliphatic hydroxyl groups excluding tert-OH is 1. The molecule has 0 spiro atoms. The van der Waals surface area contributed by atoms with Crippen molar-refractivity contribution < 1.29 is 23.1 Å². The van der Waals surface area contributed by atoms with Gasteiger partial charge < -0.3 is 14.7 Å². The number of hydrogen-bond acceptors (Lipinski definition) is 7. The molecule has 4 rings (SSSR count). The normalized spacial score (nSPS) is 19.7. The molecule has 1 N–H and O–H groups in total. The smallest absolute Gasteiger partial charge is 0.255 e. The van der Waals surface area contributed by atoms with E-state index in [4.69, 9.17) is 4.74 Å². The summed E-state index contributed by atoms with van der Waals surface area (Å²) in [6.45, 7) is 3.48. The van der Waals surface area contributed by atoms with E-state index >= 15 is 0 Å². The fourth-order valence-corrected chi connectivity index (χ4v) is 6.28. The van der Waals surface area contributed by atoms with E-state index in [1.165, 1.54) is 21.5 Å². The zero-order chi connectivity index (χ0) is 27.4. The van der Waals surface area contributed by atoms with E-state index in [2.05, 4.69) is 11.1 Å². The molecule has 1 aliphatic heterocycles. The van der Waals surface area contributed by atoms with Crippen molar-refractivity contribution in [1.29, 1.82) is 5.26 Å². The molecule has 0 fully saturated rings. The number of pyridine rings is 1. The zero-order valence-corrected chi connectivity index (χ0v) is 22.3. The minimum atomic E-state index is -4.00. The number of fused-ring (bicyclic) bond motifs is 1. The lowest BCUT2D eigenvalue weighted by molar-refractivity contribution is 0.0563. The van der Waals surface area contributed by atoms with Crippen molar-refractivity contribution in [1.82, 2.24) is 14.2 Å². The molecule has 0 saturated carbocycles. The zero-order valence-electron chi connectivity index (χ0n) is 21.5. The number of likely N-dealkylation sites (N-methyl/N-ethyl adjacent to an activating group) is 1. The van der Waals surface area contributed by atoms with E-state index in [-0.39, 0.29) is 42.2 Å². The van der Waals surface area contributed by atoms with Crippen LogP contribution in [0.15, 0.2) is 71.9 Å². The molecular formula is C28H30N4O5S. The number of hydrogen-bond donors (Lipinski definition) is 1. The van der Waals surface area contributed by atoms with Crippen LogP contribution in [0.25, 0.3) is 11.1 Å². The van der Waals surface area contributed by atoms with Gasteiger partial charge in [-0.25, -0.2) is 8.42 Å². The van der Waals surface area contributed by atoms with Gasteiger partial charge in [-0.1, -0.05) is 25.1 Å². The number of carbonyl (C=O) groups is 1. The molecule has 0 radical (unpaired) electrons. The molecule has 0 aliphatic carbocycles. The van der Waals surface area contributed by atoms with Crippen molar-refractivity contribution in [3.05, 3.63) is 78.1 Å². The average Bonchev–Trinajstić information content (AvgIpc) is 2.94. The highest BCUT2D eigenvalue weighted by molar-refractivity contribution is 7.89. The second-order valence-electron chi connectivity index (χ2n) is 9.52. The van der Waals surface area contributed by atoms with E-state index in [1.54, 1.807) is 62.6 Å². The van der Waals surface area contributed by atoms with Crippen LogP contribution in [0.5, 0.6) is 5.75 Å². The van der Waals surface area contributed by atoms with E-state index < -0.39 is 22.2 Å². The number of benzene rings is 2. The molecule has 0 bridgehead atoms. The number of nitriles is 1. The first-order valence-electron chi connectivity index (χ1n) is 12.2. The summed E-state index contributed by atoms with van der Waals surface area (Å²) in [5, 5.41) is 19.1. The fourth-order valence-electron chi connectivity index (χ4n) is 4.45. The Morgan fingerprint density at radius 3 is 2.68 bits per heavy atom. The highest BCUT2D eigenvalue weighted by Crippen LogP contribution is 2.36. The minimum Gasteiger partial charge on any atom is -0.487 e. The molecule has 3 atom stereocenters. The van der Waals surface area contributed by atoms with Gasteiger partial charge in [0, 0.05) is 37.9 Å². The highest BCUT2D eigenvalue weighted by atomic mass is 32.2. The van der Waals surface area contributed by atoms with Gasteiger partial charge in [0.05, 0.1) is 30.3 Å². The average molecular weight is 535 g/mol. The summed E-state index contributed by atoms with van der Waals surface area (Å²) in [6.07, 6.45) is 2.54. The molecule has 0 saturated heterocycles.